The van der Waals surface area contributed by atoms with Crippen LogP contribution in [0.2, 0.25) is 0 Å². The lowest BCUT2D eigenvalue weighted by molar-refractivity contribution is -0.154. The number of methoxy groups -OCH3 is 1. The normalized spacial score (nSPS) is 15.7. The number of esters is 1. The van der Waals surface area contributed by atoms with Gasteiger partial charge in [-0.3, -0.25) is 10.1 Å². The second-order valence-corrected chi connectivity index (χ2v) is 7.48. The molecule has 1 aromatic rings. The maximum atomic E-state index is 12.5. The molecule has 0 aromatic carbocycles. The molecule has 0 bridgehead atoms. The van der Waals surface area contributed by atoms with E-state index in [-0.39, 0.29) is 5.97 Å². The first-order valence-electron chi connectivity index (χ1n) is 8.89. The molecule has 1 aliphatic carbocycles. The van der Waals surface area contributed by atoms with Crippen molar-refractivity contribution in [3.05, 3.63) is 23.9 Å². The van der Waals surface area contributed by atoms with E-state index in [4.69, 9.17) is 14.2 Å². The van der Waals surface area contributed by atoms with Crippen LogP contribution in [0.25, 0.3) is 0 Å². The fourth-order valence-corrected chi connectivity index (χ4v) is 2.81. The Hall–Kier alpha value is -2.15. The van der Waals surface area contributed by atoms with E-state index < -0.39 is 17.1 Å². The highest BCUT2D eigenvalue weighted by Gasteiger charge is 2.47. The largest absolute Gasteiger partial charge is 0.465 e. The summed E-state index contributed by atoms with van der Waals surface area (Å²) in [6.07, 6.45) is 4.21. The predicted molar refractivity (Wildman–Crippen MR) is 97.1 cm³/mol. The molecule has 0 aliphatic heterocycles. The molecule has 1 fully saturated rings. The topological polar surface area (TPSA) is 86.8 Å². The molecule has 26 heavy (non-hydrogen) atoms. The zero-order valence-electron chi connectivity index (χ0n) is 16.0. The Morgan fingerprint density at radius 2 is 1.96 bits per heavy atom. The van der Waals surface area contributed by atoms with Crippen molar-refractivity contribution in [2.24, 2.45) is 0 Å². The third-order valence-corrected chi connectivity index (χ3v) is 4.27. The molecule has 0 saturated heterocycles. The van der Waals surface area contributed by atoms with Crippen molar-refractivity contribution < 1.29 is 23.8 Å². The zero-order valence-corrected chi connectivity index (χ0v) is 16.0. The molecule has 1 amide bonds. The molecule has 144 valence electrons. The van der Waals surface area contributed by atoms with Gasteiger partial charge in [-0.15, -0.1) is 0 Å². The Kier molecular flexibility index (Phi) is 6.58. The number of pyridine rings is 1. The monoisotopic (exact) mass is 364 g/mol. The Bertz CT molecular complexity index is 618. The minimum atomic E-state index is -0.621. The molecule has 0 unspecified atom stereocenters. The summed E-state index contributed by atoms with van der Waals surface area (Å²) in [6, 6.07) is 3.49. The summed E-state index contributed by atoms with van der Waals surface area (Å²) in [4.78, 5) is 28.6. The molecule has 7 heteroatoms. The van der Waals surface area contributed by atoms with Crippen LogP contribution in [0.5, 0.6) is 0 Å². The number of anilines is 1. The van der Waals surface area contributed by atoms with Crippen LogP contribution in [0.15, 0.2) is 18.3 Å². The lowest BCUT2D eigenvalue weighted by Gasteiger charge is -2.39. The quantitative estimate of drug-likeness (QED) is 0.589. The van der Waals surface area contributed by atoms with Crippen molar-refractivity contribution in [2.75, 3.05) is 25.6 Å². The molecular weight excluding hydrogens is 336 g/mol. The van der Waals surface area contributed by atoms with E-state index in [9.17, 15) is 9.59 Å². The molecule has 0 radical (unpaired) electrons. The minimum Gasteiger partial charge on any atom is -0.465 e. The van der Waals surface area contributed by atoms with Crippen molar-refractivity contribution in [1.29, 1.82) is 0 Å². The lowest BCUT2D eigenvalue weighted by atomic mass is 9.65. The fraction of sp³-hybridized carbons (Fsp3) is 0.632. The van der Waals surface area contributed by atoms with Crippen molar-refractivity contribution in [3.8, 4) is 0 Å². The van der Waals surface area contributed by atoms with Crippen LogP contribution in [0, 0.1) is 0 Å². The van der Waals surface area contributed by atoms with Crippen LogP contribution >= 0.6 is 0 Å². The summed E-state index contributed by atoms with van der Waals surface area (Å²) in [7, 11) is 1.62. The van der Waals surface area contributed by atoms with Gasteiger partial charge in [-0.1, -0.05) is 12.5 Å². The van der Waals surface area contributed by atoms with Gasteiger partial charge in [-0.25, -0.2) is 9.78 Å². The van der Waals surface area contributed by atoms with Gasteiger partial charge in [0.05, 0.1) is 12.0 Å². The highest BCUT2D eigenvalue weighted by Crippen LogP contribution is 2.44. The van der Waals surface area contributed by atoms with Gasteiger partial charge in [0.1, 0.15) is 11.4 Å². The predicted octanol–water partition coefficient (Wildman–Crippen LogP) is 3.43. The molecule has 1 aromatic heterocycles. The summed E-state index contributed by atoms with van der Waals surface area (Å²) >= 11 is 0. The van der Waals surface area contributed by atoms with E-state index in [0.717, 1.165) is 24.8 Å². The number of nitrogens with one attached hydrogen (secondary N) is 1. The minimum absolute atomic E-state index is 0.213. The second-order valence-electron chi connectivity index (χ2n) is 7.48. The molecule has 1 heterocycles. The third-order valence-electron chi connectivity index (χ3n) is 4.27. The first-order chi connectivity index (χ1) is 12.3. The summed E-state index contributed by atoms with van der Waals surface area (Å²) < 4.78 is 15.6. The molecule has 2 rings (SSSR count). The highest BCUT2D eigenvalue weighted by atomic mass is 16.6. The summed E-state index contributed by atoms with van der Waals surface area (Å²) in [5, 5.41) is 2.59. The number of aromatic nitrogens is 1. The number of hydrogen-bond donors (Lipinski definition) is 1. The molecule has 1 saturated carbocycles. The van der Waals surface area contributed by atoms with Crippen LogP contribution in [-0.4, -0.2) is 43.0 Å². The van der Waals surface area contributed by atoms with Crippen LogP contribution in [0.1, 0.15) is 52.0 Å². The molecule has 0 spiro atoms. The number of carbonyl (C=O) groups excluding carboxylic acids is 2. The van der Waals surface area contributed by atoms with Crippen molar-refractivity contribution in [1.82, 2.24) is 4.98 Å². The van der Waals surface area contributed by atoms with Gasteiger partial charge >= 0.3 is 12.1 Å². The van der Waals surface area contributed by atoms with Gasteiger partial charge in [0, 0.05) is 26.3 Å². The first-order valence-corrected chi connectivity index (χ1v) is 8.89. The molecular formula is C19H28N2O5. The van der Waals surface area contributed by atoms with Crippen LogP contribution < -0.4 is 5.32 Å². The number of nitrogens with zero attached hydrogens (tertiary/aromatic N) is 1. The molecule has 0 atom stereocenters. The Balaban J connectivity index is 1.99. The average Bonchev–Trinajstić information content (AvgIpc) is 2.50. The average molecular weight is 364 g/mol. The SMILES string of the molecule is COCCCOC(=O)C1(c2ccc(NC(=O)OC(C)(C)C)nc2)CCC1. The summed E-state index contributed by atoms with van der Waals surface area (Å²) in [6.45, 7) is 6.29. The van der Waals surface area contributed by atoms with E-state index in [0.29, 0.717) is 25.5 Å². The van der Waals surface area contributed by atoms with Crippen LogP contribution in [-0.2, 0) is 24.4 Å². The van der Waals surface area contributed by atoms with E-state index in [1.54, 1.807) is 40.1 Å². The fourth-order valence-electron chi connectivity index (χ4n) is 2.81. The molecule has 1 aliphatic rings. The van der Waals surface area contributed by atoms with E-state index in [1.165, 1.54) is 0 Å². The Morgan fingerprint density at radius 3 is 2.46 bits per heavy atom. The van der Waals surface area contributed by atoms with Gasteiger partial charge in [0.15, 0.2) is 0 Å². The van der Waals surface area contributed by atoms with E-state index in [1.807, 2.05) is 6.07 Å². The number of hydrogen-bond acceptors (Lipinski definition) is 6. The standard InChI is InChI=1S/C19H28N2O5/c1-18(2,3)26-17(23)21-15-8-7-14(13-20-15)19(9-5-10-19)16(22)25-12-6-11-24-4/h7-8,13H,5-6,9-12H2,1-4H3,(H,20,21,23). The molecule has 7 nitrogen and oxygen atoms in total. The van der Waals surface area contributed by atoms with Gasteiger partial charge in [0.2, 0.25) is 0 Å². The van der Waals surface area contributed by atoms with E-state index in [2.05, 4.69) is 10.3 Å². The van der Waals surface area contributed by atoms with E-state index >= 15 is 0 Å². The maximum absolute atomic E-state index is 12.5. The van der Waals surface area contributed by atoms with Crippen LogP contribution in [0.4, 0.5) is 10.6 Å². The van der Waals surface area contributed by atoms with Crippen molar-refractivity contribution >= 4 is 17.9 Å². The van der Waals surface area contributed by atoms with Crippen LogP contribution in [0.3, 0.4) is 0 Å². The number of carbonyl (C=O) groups is 2. The Labute approximate surface area is 154 Å². The number of ether oxygens (including phenoxy) is 3. The van der Waals surface area contributed by atoms with Gasteiger partial charge in [0.25, 0.3) is 0 Å². The summed E-state index contributed by atoms with van der Waals surface area (Å²) in [5.74, 6) is 0.167. The lowest BCUT2D eigenvalue weighted by Crippen LogP contribution is -2.44. The maximum Gasteiger partial charge on any atom is 0.413 e. The third kappa shape index (κ3) is 5.17. The van der Waals surface area contributed by atoms with Gasteiger partial charge in [-0.05, 0) is 45.2 Å². The summed E-state index contributed by atoms with van der Waals surface area (Å²) in [5.41, 5.74) is -0.382. The zero-order chi connectivity index (χ0) is 19.2. The van der Waals surface area contributed by atoms with Crippen molar-refractivity contribution in [2.45, 2.75) is 57.5 Å². The number of rotatable bonds is 7. The van der Waals surface area contributed by atoms with Crippen molar-refractivity contribution in [3.63, 3.8) is 0 Å². The highest BCUT2D eigenvalue weighted by molar-refractivity contribution is 5.85. The Morgan fingerprint density at radius 1 is 1.23 bits per heavy atom. The first kappa shape index (κ1) is 20.2. The van der Waals surface area contributed by atoms with Gasteiger partial charge in [-0.2, -0.15) is 0 Å². The smallest absolute Gasteiger partial charge is 0.413 e. The second kappa shape index (κ2) is 8.49. The molecule has 1 N–H and O–H groups in total. The van der Waals surface area contributed by atoms with Gasteiger partial charge < -0.3 is 14.2 Å². The number of amides is 1.